The van der Waals surface area contributed by atoms with Gasteiger partial charge in [0.2, 0.25) is 5.95 Å². The van der Waals surface area contributed by atoms with Gasteiger partial charge in [0.15, 0.2) is 5.16 Å². The molecule has 6 rings (SSSR count). The molecule has 53 heavy (non-hydrogen) atoms. The van der Waals surface area contributed by atoms with Gasteiger partial charge in [0.25, 0.3) is 11.1 Å². The molecule has 0 aliphatic carbocycles. The van der Waals surface area contributed by atoms with Crippen LogP contribution in [0.25, 0.3) is 0 Å². The van der Waals surface area contributed by atoms with E-state index in [4.69, 9.17) is 10.5 Å². The van der Waals surface area contributed by atoms with Gasteiger partial charge in [-0.25, -0.2) is 19.6 Å². The number of thioether (sulfide) groups is 1. The summed E-state index contributed by atoms with van der Waals surface area (Å²) < 4.78 is 9.49. The summed E-state index contributed by atoms with van der Waals surface area (Å²) >= 11 is 1.30. The molecule has 2 aromatic heterocycles. The third-order valence-electron chi connectivity index (χ3n) is 8.22. The molecule has 14 nitrogen and oxygen atoms in total. The van der Waals surface area contributed by atoms with Crippen molar-refractivity contribution in [3.05, 3.63) is 92.8 Å². The second-order valence-corrected chi connectivity index (χ2v) is 12.7. The predicted molar refractivity (Wildman–Crippen MR) is 213 cm³/mol. The minimum absolute atomic E-state index is 0. The molecule has 2 aliphatic rings. The second kappa shape index (κ2) is 21.9. The molecule has 5 N–H and O–H groups in total. The first-order valence-electron chi connectivity index (χ1n) is 17.5. The molecule has 2 saturated heterocycles. The number of ether oxygens (including phenoxy) is 2. The minimum atomic E-state index is -0.673. The molecule has 0 atom stereocenters. The number of rotatable bonds is 9. The maximum absolute atomic E-state index is 12.0. The molecule has 0 saturated carbocycles. The van der Waals surface area contributed by atoms with E-state index in [0.717, 1.165) is 24.5 Å². The van der Waals surface area contributed by atoms with Gasteiger partial charge in [0, 0.05) is 55.1 Å². The van der Waals surface area contributed by atoms with Crippen LogP contribution in [-0.2, 0) is 9.47 Å². The van der Waals surface area contributed by atoms with E-state index < -0.39 is 23.1 Å². The van der Waals surface area contributed by atoms with Crippen molar-refractivity contribution in [1.29, 1.82) is 0 Å². The number of piperidine rings is 2. The summed E-state index contributed by atoms with van der Waals surface area (Å²) in [5.74, 6) is -1.04. The minimum Gasteiger partial charge on any atom is -0.462 e. The predicted octanol–water partition coefficient (Wildman–Crippen LogP) is 6.24. The number of benzene rings is 2. The first-order chi connectivity index (χ1) is 25.2. The Kier molecular flexibility index (Phi) is 17.4. The Hall–Kier alpha value is -5.31. The Morgan fingerprint density at radius 3 is 1.62 bits per heavy atom. The van der Waals surface area contributed by atoms with Gasteiger partial charge in [-0.05, 0) is 107 Å². The van der Waals surface area contributed by atoms with Gasteiger partial charge in [-0.1, -0.05) is 19.2 Å². The summed E-state index contributed by atoms with van der Waals surface area (Å²) in [4.78, 5) is 63.8. The molecule has 4 aromatic rings. The molecule has 0 radical (unpaired) electrons. The van der Waals surface area contributed by atoms with E-state index in [2.05, 4.69) is 64.1 Å². The summed E-state index contributed by atoms with van der Waals surface area (Å²) in [5.41, 5.74) is 8.65. The summed E-state index contributed by atoms with van der Waals surface area (Å²) in [6, 6.07) is 16.2. The number of hydrogen-bond donors (Lipinski definition) is 4. The third kappa shape index (κ3) is 13.0. The number of aromatic amines is 2. The molecule has 0 amide bonds. The van der Waals surface area contributed by atoms with Crippen LogP contribution in [0.4, 0.5) is 28.7 Å². The number of anilines is 5. The topological polar surface area (TPSA) is 189 Å². The van der Waals surface area contributed by atoms with Crippen LogP contribution in [0, 0.1) is 0 Å². The second-order valence-electron chi connectivity index (χ2n) is 11.9. The molecule has 4 heterocycles. The van der Waals surface area contributed by atoms with Gasteiger partial charge in [-0.15, -0.1) is 0 Å². The van der Waals surface area contributed by atoms with E-state index in [0.29, 0.717) is 5.16 Å². The Bertz CT molecular complexity index is 1840. The highest BCUT2D eigenvalue weighted by Gasteiger charge is 2.15. The fourth-order valence-electron chi connectivity index (χ4n) is 5.53. The number of hydrogen-bond acceptors (Lipinski definition) is 13. The molecule has 286 valence electrons. The third-order valence-corrected chi connectivity index (χ3v) is 8.82. The van der Waals surface area contributed by atoms with Crippen LogP contribution >= 0.6 is 11.8 Å². The molecule has 15 heteroatoms. The lowest BCUT2D eigenvalue weighted by Crippen LogP contribution is -2.29. The number of aromatic nitrogens is 4. The first kappa shape index (κ1) is 42.1. The van der Waals surface area contributed by atoms with Gasteiger partial charge in [-0.2, -0.15) is 0 Å². The van der Waals surface area contributed by atoms with E-state index in [1.165, 1.54) is 87.1 Å². The zero-order chi connectivity index (χ0) is 37.3. The average Bonchev–Trinajstić information content (AvgIpc) is 3.17. The Balaban J connectivity index is 0.000000230. The fraction of sp³-hybridized carbons (Fsp3) is 0.421. The molecule has 0 spiro atoms. The van der Waals surface area contributed by atoms with Crippen molar-refractivity contribution < 1.29 is 19.1 Å². The summed E-state index contributed by atoms with van der Waals surface area (Å²) in [6.07, 6.45) is 12.0. The molecular weight excluding hydrogens is 697 g/mol. The number of nitrogens with zero attached hydrogens (tertiary/aromatic N) is 4. The van der Waals surface area contributed by atoms with Crippen LogP contribution < -0.4 is 32.0 Å². The van der Waals surface area contributed by atoms with E-state index in [1.807, 2.05) is 24.3 Å². The van der Waals surface area contributed by atoms with Crippen molar-refractivity contribution in [2.24, 2.45) is 0 Å². The summed E-state index contributed by atoms with van der Waals surface area (Å²) in [6.45, 7) is 8.39. The van der Waals surface area contributed by atoms with Crippen LogP contribution in [-0.4, -0.2) is 77.5 Å². The Labute approximate surface area is 314 Å². The van der Waals surface area contributed by atoms with E-state index in [9.17, 15) is 19.2 Å². The fourth-order valence-corrected chi connectivity index (χ4v) is 5.88. The zero-order valence-corrected chi connectivity index (χ0v) is 30.8. The number of carbonyl (C=O) groups excluding carboxylic acids is 2. The van der Waals surface area contributed by atoms with Gasteiger partial charge in [0.05, 0.1) is 19.4 Å². The monoisotopic (exact) mass is 748 g/mol. The summed E-state index contributed by atoms with van der Waals surface area (Å²) in [5, 5.41) is 3.51. The van der Waals surface area contributed by atoms with Crippen molar-refractivity contribution >= 4 is 52.4 Å². The molecule has 2 aromatic carbocycles. The van der Waals surface area contributed by atoms with Crippen LogP contribution in [0.5, 0.6) is 0 Å². The van der Waals surface area contributed by atoms with Crippen LogP contribution in [0.2, 0.25) is 0 Å². The largest absolute Gasteiger partial charge is 0.462 e. The molecule has 2 fully saturated rings. The number of carbonyl (C=O) groups is 2. The quantitative estimate of drug-likeness (QED) is 0.0652. The van der Waals surface area contributed by atoms with E-state index in [-0.39, 0.29) is 37.7 Å². The Morgan fingerprint density at radius 1 is 0.736 bits per heavy atom. The Morgan fingerprint density at radius 2 is 1.19 bits per heavy atom. The standard InChI is InChI=1S/C18H22N4O3.C11H16N2.C8H10N2O3S.CH4/c1-2-25-17(24)15-12-19-18(21-16(15)23)20-13-6-8-14(9-7-13)22-10-4-3-5-11-22;12-10-4-6-11(7-5-10)13-8-2-1-3-9-13;1-3-13-7(12)5-4-9-8(14-2)10-6(5)11;/h6-9,12H,2-5,10-11H2,1H3,(H2,19,20,21,23);4-7H,1-3,8-9,12H2;4H,3H2,1-2H3,(H,9,10,11);1H4. The lowest BCUT2D eigenvalue weighted by Gasteiger charge is -2.28. The van der Waals surface area contributed by atoms with Gasteiger partial charge in [0.1, 0.15) is 11.1 Å². The van der Waals surface area contributed by atoms with Crippen molar-refractivity contribution in [3.8, 4) is 0 Å². The van der Waals surface area contributed by atoms with Crippen LogP contribution in [0.3, 0.4) is 0 Å². The van der Waals surface area contributed by atoms with Crippen molar-refractivity contribution in [3.63, 3.8) is 0 Å². The lowest BCUT2D eigenvalue weighted by atomic mass is 10.1. The number of H-pyrrole nitrogens is 2. The number of esters is 2. The number of nitrogen functional groups attached to an aromatic ring is 1. The first-order valence-corrected chi connectivity index (χ1v) is 18.7. The van der Waals surface area contributed by atoms with Crippen molar-refractivity contribution in [2.75, 3.05) is 66.5 Å². The maximum atomic E-state index is 12.0. The normalized spacial score (nSPS) is 13.6. The van der Waals surface area contributed by atoms with Crippen molar-refractivity contribution in [1.82, 2.24) is 19.9 Å². The molecular formula is C38H52N8O6S. The maximum Gasteiger partial charge on any atom is 0.345 e. The zero-order valence-electron chi connectivity index (χ0n) is 30.0. The van der Waals surface area contributed by atoms with E-state index in [1.54, 1.807) is 20.1 Å². The average molecular weight is 749 g/mol. The number of nitrogens with two attached hydrogens (primary N) is 1. The molecule has 0 bridgehead atoms. The highest BCUT2D eigenvalue weighted by atomic mass is 32.2. The smallest absolute Gasteiger partial charge is 0.345 e. The summed E-state index contributed by atoms with van der Waals surface area (Å²) in [7, 11) is 0. The number of nitrogens with one attached hydrogen (secondary N) is 3. The van der Waals surface area contributed by atoms with Crippen LogP contribution in [0.15, 0.2) is 75.7 Å². The highest BCUT2D eigenvalue weighted by molar-refractivity contribution is 7.98. The van der Waals surface area contributed by atoms with Gasteiger partial charge in [-0.3, -0.25) is 14.6 Å². The van der Waals surface area contributed by atoms with Crippen molar-refractivity contribution in [2.45, 2.75) is 65.0 Å². The lowest BCUT2D eigenvalue weighted by molar-refractivity contribution is 0.0514. The van der Waals surface area contributed by atoms with E-state index >= 15 is 0 Å². The highest BCUT2D eigenvalue weighted by Crippen LogP contribution is 2.23. The van der Waals surface area contributed by atoms with Gasteiger partial charge >= 0.3 is 11.9 Å². The van der Waals surface area contributed by atoms with Crippen LogP contribution in [0.1, 0.15) is 80.5 Å². The van der Waals surface area contributed by atoms with Gasteiger partial charge < -0.3 is 35.3 Å². The molecule has 2 aliphatic heterocycles. The SMILES string of the molecule is C.CCOC(=O)c1cnc(Nc2ccc(N3CCCCC3)cc2)[nH]c1=O.CCOC(=O)c1cnc(SC)[nH]c1=O.Nc1ccc(N2CCCCC2)cc1. The molecule has 0 unspecified atom stereocenters.